The molecule has 180 valence electrons. The van der Waals surface area contributed by atoms with Crippen LogP contribution in [0.25, 0.3) is 0 Å². The molecule has 1 aliphatic heterocycles. The highest BCUT2D eigenvalue weighted by molar-refractivity contribution is 6.00. The highest BCUT2D eigenvalue weighted by atomic mass is 16.6. The van der Waals surface area contributed by atoms with Crippen molar-refractivity contribution in [1.82, 2.24) is 4.90 Å². The number of hydrogen-bond acceptors (Lipinski definition) is 7. The van der Waals surface area contributed by atoms with Gasteiger partial charge in [-0.15, -0.1) is 0 Å². The minimum Gasteiger partial charge on any atom is -0.469 e. The van der Waals surface area contributed by atoms with E-state index in [4.69, 9.17) is 9.47 Å². The molecule has 0 aromatic rings. The summed E-state index contributed by atoms with van der Waals surface area (Å²) in [6, 6.07) is 0.341. The van der Waals surface area contributed by atoms with Gasteiger partial charge in [0.2, 0.25) is 0 Å². The summed E-state index contributed by atoms with van der Waals surface area (Å²) in [6.07, 6.45) is 5.09. The first-order chi connectivity index (χ1) is 14.2. The number of piperidine rings is 1. The molecular formula is C24H43NO6. The maximum Gasteiger partial charge on any atom is 0.324 e. The van der Waals surface area contributed by atoms with Crippen molar-refractivity contribution in [3.63, 3.8) is 0 Å². The summed E-state index contributed by atoms with van der Waals surface area (Å²) in [5.74, 6) is -1.13. The van der Waals surface area contributed by atoms with Crippen LogP contribution in [0.3, 0.4) is 0 Å². The summed E-state index contributed by atoms with van der Waals surface area (Å²) in [4.78, 5) is 39.7. The summed E-state index contributed by atoms with van der Waals surface area (Å²) in [6.45, 7) is 14.3. The number of ether oxygens (including phenoxy) is 3. The van der Waals surface area contributed by atoms with Crippen molar-refractivity contribution in [3.8, 4) is 0 Å². The van der Waals surface area contributed by atoms with E-state index in [2.05, 4.69) is 16.6 Å². The molecule has 0 bridgehead atoms. The summed E-state index contributed by atoms with van der Waals surface area (Å²) in [5.41, 5.74) is -2.58. The third kappa shape index (κ3) is 9.17. The fraction of sp³-hybridized carbons (Fsp3) is 0.875. The number of hydrogen-bond donors (Lipinski definition) is 0. The van der Waals surface area contributed by atoms with Crippen LogP contribution in [0, 0.1) is 5.41 Å². The Kier molecular flexibility index (Phi) is 9.99. The summed E-state index contributed by atoms with van der Waals surface area (Å²) >= 11 is 0. The third-order valence-corrected chi connectivity index (χ3v) is 5.58. The van der Waals surface area contributed by atoms with E-state index < -0.39 is 28.6 Å². The van der Waals surface area contributed by atoms with Gasteiger partial charge in [-0.05, 0) is 74.1 Å². The first kappa shape index (κ1) is 27.4. The van der Waals surface area contributed by atoms with Crippen molar-refractivity contribution < 1.29 is 28.6 Å². The Morgan fingerprint density at radius 2 is 1.35 bits per heavy atom. The highest BCUT2D eigenvalue weighted by Crippen LogP contribution is 2.38. The number of likely N-dealkylation sites (tertiary alicyclic amines) is 1. The minimum atomic E-state index is -1.25. The predicted molar refractivity (Wildman–Crippen MR) is 119 cm³/mol. The Bertz CT molecular complexity index is 579. The molecule has 1 fully saturated rings. The fourth-order valence-electron chi connectivity index (χ4n) is 3.76. The van der Waals surface area contributed by atoms with Gasteiger partial charge in [-0.25, -0.2) is 0 Å². The SMILES string of the molecule is COC(=O)CCCCCC(C)N1CCC(C(=O)OC(C)(C)C)(C(=O)OC(C)(C)C)CC1. The van der Waals surface area contributed by atoms with Gasteiger partial charge in [-0.1, -0.05) is 12.8 Å². The van der Waals surface area contributed by atoms with Gasteiger partial charge in [-0.2, -0.15) is 0 Å². The second kappa shape index (κ2) is 11.3. The van der Waals surface area contributed by atoms with E-state index in [1.165, 1.54) is 7.11 Å². The average molecular weight is 442 g/mol. The van der Waals surface area contributed by atoms with E-state index in [1.54, 1.807) is 0 Å². The molecule has 0 saturated carbocycles. The summed E-state index contributed by atoms with van der Waals surface area (Å²) in [5, 5.41) is 0. The van der Waals surface area contributed by atoms with Crippen LogP contribution in [0.15, 0.2) is 0 Å². The Hall–Kier alpha value is -1.63. The van der Waals surface area contributed by atoms with Crippen molar-refractivity contribution in [2.75, 3.05) is 20.2 Å². The maximum atomic E-state index is 13.1. The van der Waals surface area contributed by atoms with Gasteiger partial charge in [0.1, 0.15) is 11.2 Å². The Labute approximate surface area is 188 Å². The molecule has 1 heterocycles. The predicted octanol–water partition coefficient (Wildman–Crippen LogP) is 4.26. The first-order valence-corrected chi connectivity index (χ1v) is 11.5. The fourth-order valence-corrected chi connectivity index (χ4v) is 3.76. The molecule has 1 saturated heterocycles. The number of carbonyl (C=O) groups is 3. The van der Waals surface area contributed by atoms with Crippen molar-refractivity contribution in [2.24, 2.45) is 5.41 Å². The molecule has 0 aliphatic carbocycles. The van der Waals surface area contributed by atoms with Gasteiger partial charge in [0.15, 0.2) is 5.41 Å². The number of nitrogens with zero attached hydrogens (tertiary/aromatic N) is 1. The molecule has 31 heavy (non-hydrogen) atoms. The van der Waals surface area contributed by atoms with Gasteiger partial charge in [-0.3, -0.25) is 14.4 Å². The molecule has 0 spiro atoms. The van der Waals surface area contributed by atoms with Gasteiger partial charge in [0.05, 0.1) is 7.11 Å². The van der Waals surface area contributed by atoms with Crippen LogP contribution in [0.5, 0.6) is 0 Å². The zero-order valence-corrected chi connectivity index (χ0v) is 20.8. The van der Waals surface area contributed by atoms with E-state index in [-0.39, 0.29) is 5.97 Å². The van der Waals surface area contributed by atoms with Crippen LogP contribution in [0.2, 0.25) is 0 Å². The highest BCUT2D eigenvalue weighted by Gasteiger charge is 2.52. The lowest BCUT2D eigenvalue weighted by molar-refractivity contribution is -0.189. The van der Waals surface area contributed by atoms with Crippen LogP contribution in [0.4, 0.5) is 0 Å². The lowest BCUT2D eigenvalue weighted by Crippen LogP contribution is -2.54. The van der Waals surface area contributed by atoms with Crippen molar-refractivity contribution in [1.29, 1.82) is 0 Å². The molecule has 0 aromatic heterocycles. The molecule has 0 N–H and O–H groups in total. The van der Waals surface area contributed by atoms with Crippen LogP contribution < -0.4 is 0 Å². The molecular weight excluding hydrogens is 398 g/mol. The third-order valence-electron chi connectivity index (χ3n) is 5.58. The number of unbranched alkanes of at least 4 members (excludes halogenated alkanes) is 2. The molecule has 1 rings (SSSR count). The van der Waals surface area contributed by atoms with Gasteiger partial charge in [0, 0.05) is 25.6 Å². The Balaban J connectivity index is 2.71. The summed E-state index contributed by atoms with van der Waals surface area (Å²) in [7, 11) is 1.41. The van der Waals surface area contributed by atoms with Crippen LogP contribution in [-0.4, -0.2) is 60.3 Å². The molecule has 0 aromatic carbocycles. The first-order valence-electron chi connectivity index (χ1n) is 11.5. The summed E-state index contributed by atoms with van der Waals surface area (Å²) < 4.78 is 15.9. The average Bonchev–Trinajstić information content (AvgIpc) is 2.64. The molecule has 7 heteroatoms. The number of carbonyl (C=O) groups excluding carboxylic acids is 3. The lowest BCUT2D eigenvalue weighted by Gasteiger charge is -2.42. The van der Waals surface area contributed by atoms with Crippen molar-refractivity contribution in [3.05, 3.63) is 0 Å². The Morgan fingerprint density at radius 3 is 1.77 bits per heavy atom. The monoisotopic (exact) mass is 441 g/mol. The Morgan fingerprint density at radius 1 is 0.871 bits per heavy atom. The van der Waals surface area contributed by atoms with E-state index in [9.17, 15) is 14.4 Å². The van der Waals surface area contributed by atoms with Crippen LogP contribution in [-0.2, 0) is 28.6 Å². The second-order valence-electron chi connectivity index (χ2n) is 10.6. The zero-order valence-electron chi connectivity index (χ0n) is 20.8. The van der Waals surface area contributed by atoms with E-state index in [1.807, 2.05) is 41.5 Å². The zero-order chi connectivity index (χ0) is 23.9. The van der Waals surface area contributed by atoms with Crippen LogP contribution >= 0.6 is 0 Å². The van der Waals surface area contributed by atoms with Crippen molar-refractivity contribution >= 4 is 17.9 Å². The molecule has 1 atom stereocenters. The van der Waals surface area contributed by atoms with Gasteiger partial charge in [0.25, 0.3) is 0 Å². The number of rotatable bonds is 9. The smallest absolute Gasteiger partial charge is 0.324 e. The minimum absolute atomic E-state index is 0.162. The number of esters is 3. The second-order valence-corrected chi connectivity index (χ2v) is 10.6. The molecule has 1 unspecified atom stereocenters. The molecule has 0 radical (unpaired) electrons. The van der Waals surface area contributed by atoms with Gasteiger partial charge < -0.3 is 19.1 Å². The van der Waals surface area contributed by atoms with E-state index in [0.29, 0.717) is 38.4 Å². The van der Waals surface area contributed by atoms with Crippen molar-refractivity contribution in [2.45, 2.75) is 111 Å². The van der Waals surface area contributed by atoms with E-state index in [0.717, 1.165) is 25.7 Å². The largest absolute Gasteiger partial charge is 0.469 e. The molecule has 0 amide bonds. The van der Waals surface area contributed by atoms with Crippen LogP contribution in [0.1, 0.15) is 93.4 Å². The lowest BCUT2D eigenvalue weighted by atomic mass is 9.77. The molecule has 7 nitrogen and oxygen atoms in total. The normalized spacial score (nSPS) is 18.2. The van der Waals surface area contributed by atoms with E-state index >= 15 is 0 Å². The standard InChI is InChI=1S/C24H43NO6/c1-18(12-10-9-11-13-19(26)29-8)25-16-14-24(15-17-25,20(27)30-22(2,3)4)21(28)31-23(5,6)7/h18H,9-17H2,1-8H3. The molecule has 1 aliphatic rings. The maximum absolute atomic E-state index is 13.1. The number of methoxy groups -OCH3 is 1. The quantitative estimate of drug-likeness (QED) is 0.229. The topological polar surface area (TPSA) is 82.1 Å². The van der Waals surface area contributed by atoms with Gasteiger partial charge >= 0.3 is 17.9 Å².